The Labute approximate surface area is 204 Å². The summed E-state index contributed by atoms with van der Waals surface area (Å²) in [5.41, 5.74) is 2.77. The number of hydrogen-bond acceptors (Lipinski definition) is 6. The molecule has 1 heterocycles. The van der Waals surface area contributed by atoms with Gasteiger partial charge in [-0.2, -0.15) is 0 Å². The van der Waals surface area contributed by atoms with Gasteiger partial charge in [0, 0.05) is 5.75 Å². The van der Waals surface area contributed by atoms with E-state index in [9.17, 15) is 13.2 Å². The third-order valence-corrected chi connectivity index (χ3v) is 5.64. The summed E-state index contributed by atoms with van der Waals surface area (Å²) in [6, 6.07) is 25.1. The van der Waals surface area contributed by atoms with E-state index in [4.69, 9.17) is 9.47 Å². The van der Waals surface area contributed by atoms with Crippen molar-refractivity contribution in [3.05, 3.63) is 108 Å². The summed E-state index contributed by atoms with van der Waals surface area (Å²) < 4.78 is 52.7. The van der Waals surface area contributed by atoms with Crippen molar-refractivity contribution in [2.75, 3.05) is 0 Å². The van der Waals surface area contributed by atoms with Crippen molar-refractivity contribution >= 4 is 11.8 Å². The monoisotopic (exact) mass is 498 g/mol. The van der Waals surface area contributed by atoms with Gasteiger partial charge in [0.2, 0.25) is 0 Å². The van der Waals surface area contributed by atoms with Crippen molar-refractivity contribution < 1.29 is 27.4 Å². The van der Waals surface area contributed by atoms with Crippen LogP contribution in [0.2, 0.25) is 0 Å². The molecule has 4 rings (SSSR count). The number of rotatable bonds is 10. The maximum absolute atomic E-state index is 12.3. The molecule has 5 nitrogen and oxygen atoms in total. The van der Waals surface area contributed by atoms with Crippen LogP contribution in [0.4, 0.5) is 13.2 Å². The Hall–Kier alpha value is -3.72. The second kappa shape index (κ2) is 11.6. The fourth-order valence-electron chi connectivity index (χ4n) is 3.00. The normalized spacial score (nSPS) is 11.2. The molecule has 0 amide bonds. The highest BCUT2D eigenvalue weighted by atomic mass is 32.2. The first kappa shape index (κ1) is 24.4. The molecule has 0 bridgehead atoms. The van der Waals surface area contributed by atoms with Crippen molar-refractivity contribution in [3.63, 3.8) is 0 Å². The maximum Gasteiger partial charge on any atom is 0.573 e. The zero-order valence-corrected chi connectivity index (χ0v) is 19.3. The Kier molecular flexibility index (Phi) is 8.10. The molecule has 9 heteroatoms. The van der Waals surface area contributed by atoms with Crippen molar-refractivity contribution in [1.29, 1.82) is 0 Å². The van der Waals surface area contributed by atoms with E-state index in [0.717, 1.165) is 16.7 Å². The van der Waals surface area contributed by atoms with Gasteiger partial charge in [-0.3, -0.25) is 0 Å². The number of nitrogens with zero attached hydrogens (tertiary/aromatic N) is 2. The molecule has 3 aromatic carbocycles. The molecular weight excluding hydrogens is 477 g/mol. The first-order chi connectivity index (χ1) is 16.9. The third-order valence-electron chi connectivity index (χ3n) is 4.67. The molecule has 0 aliphatic heterocycles. The molecule has 0 saturated carbocycles. The van der Waals surface area contributed by atoms with Crippen LogP contribution in [0.1, 0.15) is 16.7 Å². The van der Waals surface area contributed by atoms with Gasteiger partial charge in [-0.05, 0) is 28.8 Å². The lowest BCUT2D eigenvalue weighted by Crippen LogP contribution is -2.16. The molecule has 0 fully saturated rings. The highest BCUT2D eigenvalue weighted by molar-refractivity contribution is 7.98. The lowest BCUT2D eigenvalue weighted by molar-refractivity contribution is -0.274. The number of halogens is 3. The Morgan fingerprint density at radius 1 is 0.686 bits per heavy atom. The highest BCUT2D eigenvalue weighted by Crippen LogP contribution is 2.30. The van der Waals surface area contributed by atoms with E-state index >= 15 is 0 Å². The van der Waals surface area contributed by atoms with Crippen molar-refractivity contribution in [3.8, 4) is 17.5 Å². The van der Waals surface area contributed by atoms with Crippen LogP contribution in [0.3, 0.4) is 0 Å². The summed E-state index contributed by atoms with van der Waals surface area (Å²) in [5, 5.41) is 0.593. The van der Waals surface area contributed by atoms with Gasteiger partial charge in [-0.1, -0.05) is 84.6 Å². The van der Waals surface area contributed by atoms with Crippen molar-refractivity contribution in [1.82, 2.24) is 9.97 Å². The molecule has 0 spiro atoms. The first-order valence-corrected chi connectivity index (χ1v) is 11.6. The van der Waals surface area contributed by atoms with Gasteiger partial charge in [0.1, 0.15) is 24.0 Å². The lowest BCUT2D eigenvalue weighted by atomic mass is 10.2. The molecule has 1 aromatic heterocycles. The first-order valence-electron chi connectivity index (χ1n) is 10.6. The molecule has 0 saturated heterocycles. The fourth-order valence-corrected chi connectivity index (χ4v) is 3.79. The summed E-state index contributed by atoms with van der Waals surface area (Å²) in [6.07, 6.45) is -3.13. The van der Waals surface area contributed by atoms with E-state index in [1.807, 2.05) is 60.7 Å². The minimum Gasteiger partial charge on any atom is -0.469 e. The Morgan fingerprint density at radius 2 is 1.26 bits per heavy atom. The molecule has 0 radical (unpaired) electrons. The number of benzene rings is 3. The number of thioether (sulfide) groups is 1. The zero-order chi connectivity index (χ0) is 24.5. The van der Waals surface area contributed by atoms with Crippen LogP contribution < -0.4 is 14.2 Å². The molecular formula is C26H21F3N2O3S. The third kappa shape index (κ3) is 7.92. The van der Waals surface area contributed by atoms with Gasteiger partial charge in [0.05, 0.1) is 6.20 Å². The van der Waals surface area contributed by atoms with E-state index in [1.54, 1.807) is 18.3 Å². The smallest absolute Gasteiger partial charge is 0.469 e. The standard InChI is InChI=1S/C26H21F3N2O3S/c27-26(28,29)34-22-13-11-21(12-14-22)18-35-23-15-30-24(32-16-19-7-3-1-4-8-19)25(31-23)33-17-20-9-5-2-6-10-20/h1-15H,16-18H2. The molecule has 0 atom stereocenters. The predicted molar refractivity (Wildman–Crippen MR) is 126 cm³/mol. The van der Waals surface area contributed by atoms with Crippen LogP contribution in [-0.4, -0.2) is 16.3 Å². The van der Waals surface area contributed by atoms with Crippen LogP contribution in [-0.2, 0) is 19.0 Å². The Bertz CT molecular complexity index is 1210. The fraction of sp³-hybridized carbons (Fsp3) is 0.154. The number of hydrogen-bond donors (Lipinski definition) is 0. The van der Waals surface area contributed by atoms with Gasteiger partial charge >= 0.3 is 6.36 Å². The zero-order valence-electron chi connectivity index (χ0n) is 18.4. The molecule has 0 N–H and O–H groups in total. The summed E-state index contributed by atoms with van der Waals surface area (Å²) in [4.78, 5) is 8.96. The number of aromatic nitrogens is 2. The highest BCUT2D eigenvalue weighted by Gasteiger charge is 2.30. The molecule has 0 aliphatic carbocycles. The summed E-state index contributed by atoms with van der Waals surface area (Å²) in [7, 11) is 0. The summed E-state index contributed by atoms with van der Waals surface area (Å²) in [6.45, 7) is 0.613. The van der Waals surface area contributed by atoms with Crippen molar-refractivity contribution in [2.45, 2.75) is 30.4 Å². The van der Waals surface area contributed by atoms with E-state index in [1.165, 1.54) is 23.9 Å². The molecule has 0 unspecified atom stereocenters. The second-order valence-corrected chi connectivity index (χ2v) is 8.34. The van der Waals surface area contributed by atoms with Gasteiger partial charge < -0.3 is 14.2 Å². The predicted octanol–water partition coefficient (Wildman–Crippen LogP) is 6.83. The number of ether oxygens (including phenoxy) is 3. The van der Waals surface area contributed by atoms with Crippen LogP contribution in [0.5, 0.6) is 17.5 Å². The van der Waals surface area contributed by atoms with E-state index in [0.29, 0.717) is 24.0 Å². The number of alkyl halides is 3. The quantitative estimate of drug-likeness (QED) is 0.224. The van der Waals surface area contributed by atoms with Gasteiger partial charge in [-0.15, -0.1) is 13.2 Å². The summed E-state index contributed by atoms with van der Waals surface area (Å²) in [5.74, 6) is 0.762. The lowest BCUT2D eigenvalue weighted by Gasteiger charge is -2.12. The van der Waals surface area contributed by atoms with Gasteiger partial charge in [0.25, 0.3) is 11.8 Å². The van der Waals surface area contributed by atoms with E-state index < -0.39 is 6.36 Å². The maximum atomic E-state index is 12.3. The Balaban J connectivity index is 1.43. The van der Waals surface area contributed by atoms with E-state index in [-0.39, 0.29) is 17.5 Å². The molecule has 180 valence electrons. The molecule has 4 aromatic rings. The molecule has 0 aliphatic rings. The van der Waals surface area contributed by atoms with Gasteiger partial charge in [-0.25, -0.2) is 9.97 Å². The largest absolute Gasteiger partial charge is 0.573 e. The van der Waals surface area contributed by atoms with Crippen LogP contribution >= 0.6 is 11.8 Å². The van der Waals surface area contributed by atoms with Crippen LogP contribution in [0.15, 0.2) is 96.2 Å². The van der Waals surface area contributed by atoms with Crippen LogP contribution in [0, 0.1) is 0 Å². The average Bonchev–Trinajstić information content (AvgIpc) is 2.86. The van der Waals surface area contributed by atoms with Crippen LogP contribution in [0.25, 0.3) is 0 Å². The SMILES string of the molecule is FC(F)(F)Oc1ccc(CSc2cnc(OCc3ccccc3)c(OCc3ccccc3)n2)cc1. The summed E-state index contributed by atoms with van der Waals surface area (Å²) >= 11 is 1.38. The topological polar surface area (TPSA) is 53.5 Å². The van der Waals surface area contributed by atoms with E-state index in [2.05, 4.69) is 14.7 Å². The van der Waals surface area contributed by atoms with Crippen molar-refractivity contribution in [2.24, 2.45) is 0 Å². The average molecular weight is 499 g/mol. The second-order valence-electron chi connectivity index (χ2n) is 7.35. The molecule has 35 heavy (non-hydrogen) atoms. The van der Waals surface area contributed by atoms with Gasteiger partial charge in [0.15, 0.2) is 0 Å². The Morgan fingerprint density at radius 3 is 1.83 bits per heavy atom. The minimum atomic E-state index is -4.72. The minimum absolute atomic E-state index is 0.262.